The van der Waals surface area contributed by atoms with Crippen molar-refractivity contribution in [1.29, 1.82) is 0 Å². The summed E-state index contributed by atoms with van der Waals surface area (Å²) in [6, 6.07) is 7.05. The SMILES string of the molecule is CC(C)(CN)NCC(C)(C)c1ccc2c(c1)CCC2. The summed E-state index contributed by atoms with van der Waals surface area (Å²) in [5, 5.41) is 3.59. The summed E-state index contributed by atoms with van der Waals surface area (Å²) >= 11 is 0. The Kier molecular flexibility index (Phi) is 4.03. The lowest BCUT2D eigenvalue weighted by Crippen LogP contribution is -2.50. The highest BCUT2D eigenvalue weighted by Gasteiger charge is 2.25. The van der Waals surface area contributed by atoms with Crippen LogP contribution >= 0.6 is 0 Å². The maximum absolute atomic E-state index is 5.79. The van der Waals surface area contributed by atoms with Crippen LogP contribution in [0, 0.1) is 0 Å². The van der Waals surface area contributed by atoms with Crippen molar-refractivity contribution >= 4 is 0 Å². The van der Waals surface area contributed by atoms with Crippen molar-refractivity contribution in [1.82, 2.24) is 5.32 Å². The summed E-state index contributed by atoms with van der Waals surface area (Å²) in [6.07, 6.45) is 3.83. The number of nitrogens with two attached hydrogens (primary N) is 1. The highest BCUT2D eigenvalue weighted by atomic mass is 15.0. The van der Waals surface area contributed by atoms with Crippen molar-refractivity contribution < 1.29 is 0 Å². The Morgan fingerprint density at radius 3 is 2.47 bits per heavy atom. The fourth-order valence-electron chi connectivity index (χ4n) is 2.63. The summed E-state index contributed by atoms with van der Waals surface area (Å²) in [4.78, 5) is 0. The van der Waals surface area contributed by atoms with Gasteiger partial charge in [0, 0.05) is 24.0 Å². The summed E-state index contributed by atoms with van der Waals surface area (Å²) in [5.74, 6) is 0. The number of aryl methyl sites for hydroxylation is 2. The van der Waals surface area contributed by atoms with Gasteiger partial charge in [-0.2, -0.15) is 0 Å². The van der Waals surface area contributed by atoms with Crippen LogP contribution in [-0.4, -0.2) is 18.6 Å². The van der Waals surface area contributed by atoms with Crippen LogP contribution in [0.2, 0.25) is 0 Å². The average molecular weight is 260 g/mol. The van der Waals surface area contributed by atoms with Crippen LogP contribution in [-0.2, 0) is 18.3 Å². The van der Waals surface area contributed by atoms with Crippen LogP contribution < -0.4 is 11.1 Å². The Morgan fingerprint density at radius 1 is 1.11 bits per heavy atom. The van der Waals surface area contributed by atoms with Crippen molar-refractivity contribution in [3.8, 4) is 0 Å². The molecule has 0 unspecified atom stereocenters. The molecule has 0 saturated heterocycles. The molecule has 0 spiro atoms. The van der Waals surface area contributed by atoms with E-state index in [0.29, 0.717) is 6.54 Å². The van der Waals surface area contributed by atoms with Gasteiger partial charge in [-0.15, -0.1) is 0 Å². The van der Waals surface area contributed by atoms with Crippen molar-refractivity contribution in [2.45, 2.75) is 57.9 Å². The van der Waals surface area contributed by atoms with Gasteiger partial charge in [-0.25, -0.2) is 0 Å². The van der Waals surface area contributed by atoms with Gasteiger partial charge in [0.25, 0.3) is 0 Å². The van der Waals surface area contributed by atoms with Gasteiger partial charge in [0.2, 0.25) is 0 Å². The summed E-state index contributed by atoms with van der Waals surface area (Å²) < 4.78 is 0. The van der Waals surface area contributed by atoms with Crippen LogP contribution in [0.5, 0.6) is 0 Å². The van der Waals surface area contributed by atoms with Gasteiger partial charge in [-0.1, -0.05) is 32.0 Å². The molecule has 1 aliphatic carbocycles. The summed E-state index contributed by atoms with van der Waals surface area (Å²) in [6.45, 7) is 10.5. The lowest BCUT2D eigenvalue weighted by Gasteiger charge is -2.32. The average Bonchev–Trinajstić information content (AvgIpc) is 2.84. The molecule has 3 N–H and O–H groups in total. The molecule has 106 valence electrons. The number of hydrogen-bond donors (Lipinski definition) is 2. The minimum absolute atomic E-state index is 0.00793. The predicted octanol–water partition coefficient (Wildman–Crippen LogP) is 2.78. The van der Waals surface area contributed by atoms with E-state index in [-0.39, 0.29) is 11.0 Å². The molecule has 1 aromatic carbocycles. The first-order valence-electron chi connectivity index (χ1n) is 7.41. The Morgan fingerprint density at radius 2 is 1.79 bits per heavy atom. The molecule has 0 heterocycles. The molecule has 0 saturated carbocycles. The largest absolute Gasteiger partial charge is 0.329 e. The van der Waals surface area contributed by atoms with Gasteiger partial charge < -0.3 is 11.1 Å². The number of benzene rings is 1. The van der Waals surface area contributed by atoms with Crippen molar-refractivity contribution in [2.75, 3.05) is 13.1 Å². The minimum Gasteiger partial charge on any atom is -0.329 e. The maximum Gasteiger partial charge on any atom is 0.0247 e. The van der Waals surface area contributed by atoms with Crippen molar-refractivity contribution in [2.24, 2.45) is 5.73 Å². The van der Waals surface area contributed by atoms with E-state index in [0.717, 1.165) is 6.54 Å². The molecule has 2 rings (SSSR count). The second kappa shape index (κ2) is 5.26. The van der Waals surface area contributed by atoms with Crippen LogP contribution in [0.3, 0.4) is 0 Å². The van der Waals surface area contributed by atoms with Gasteiger partial charge in [-0.05, 0) is 49.8 Å². The molecular formula is C17H28N2. The lowest BCUT2D eigenvalue weighted by atomic mass is 9.82. The highest BCUT2D eigenvalue weighted by molar-refractivity contribution is 5.38. The molecule has 0 radical (unpaired) electrons. The van der Waals surface area contributed by atoms with Crippen molar-refractivity contribution in [3.63, 3.8) is 0 Å². The molecule has 2 nitrogen and oxygen atoms in total. The van der Waals surface area contributed by atoms with E-state index in [1.807, 2.05) is 0 Å². The third-order valence-electron chi connectivity index (χ3n) is 4.40. The minimum atomic E-state index is 0.00793. The number of fused-ring (bicyclic) bond motifs is 1. The number of nitrogens with one attached hydrogen (secondary N) is 1. The monoisotopic (exact) mass is 260 g/mol. The zero-order valence-electron chi connectivity index (χ0n) is 12.8. The number of rotatable bonds is 5. The van der Waals surface area contributed by atoms with E-state index >= 15 is 0 Å². The molecule has 0 amide bonds. The van der Waals surface area contributed by atoms with E-state index in [9.17, 15) is 0 Å². The zero-order chi connectivity index (χ0) is 14.1. The maximum atomic E-state index is 5.79. The molecule has 19 heavy (non-hydrogen) atoms. The molecular weight excluding hydrogens is 232 g/mol. The fourth-order valence-corrected chi connectivity index (χ4v) is 2.63. The van der Waals surface area contributed by atoms with E-state index in [2.05, 4.69) is 51.2 Å². The molecule has 0 atom stereocenters. The normalized spacial score (nSPS) is 15.6. The van der Waals surface area contributed by atoms with Gasteiger partial charge in [0.15, 0.2) is 0 Å². The van der Waals surface area contributed by atoms with Gasteiger partial charge in [0.05, 0.1) is 0 Å². The zero-order valence-corrected chi connectivity index (χ0v) is 12.8. The third-order valence-corrected chi connectivity index (χ3v) is 4.40. The Bertz CT molecular complexity index is 447. The highest BCUT2D eigenvalue weighted by Crippen LogP contribution is 2.29. The first-order chi connectivity index (χ1) is 8.84. The van der Waals surface area contributed by atoms with Crippen molar-refractivity contribution in [3.05, 3.63) is 34.9 Å². The third kappa shape index (κ3) is 3.37. The van der Waals surface area contributed by atoms with Crippen LogP contribution in [0.15, 0.2) is 18.2 Å². The smallest absolute Gasteiger partial charge is 0.0247 e. The second-order valence-corrected chi connectivity index (χ2v) is 7.16. The molecule has 0 aromatic heterocycles. The Balaban J connectivity index is 2.11. The first-order valence-corrected chi connectivity index (χ1v) is 7.41. The van der Waals surface area contributed by atoms with E-state index < -0.39 is 0 Å². The van der Waals surface area contributed by atoms with E-state index in [1.54, 1.807) is 11.1 Å². The van der Waals surface area contributed by atoms with E-state index in [4.69, 9.17) is 5.73 Å². The molecule has 0 aliphatic heterocycles. The number of hydrogen-bond acceptors (Lipinski definition) is 2. The second-order valence-electron chi connectivity index (χ2n) is 7.16. The fraction of sp³-hybridized carbons (Fsp3) is 0.647. The van der Waals surface area contributed by atoms with Crippen LogP contribution in [0.25, 0.3) is 0 Å². The van der Waals surface area contributed by atoms with Crippen LogP contribution in [0.4, 0.5) is 0 Å². The van der Waals surface area contributed by atoms with Gasteiger partial charge >= 0.3 is 0 Å². The van der Waals surface area contributed by atoms with Crippen LogP contribution in [0.1, 0.15) is 50.8 Å². The summed E-state index contributed by atoms with van der Waals surface area (Å²) in [5.41, 5.74) is 10.5. The molecule has 0 fully saturated rings. The van der Waals surface area contributed by atoms with Gasteiger partial charge in [0.1, 0.15) is 0 Å². The predicted molar refractivity (Wildman–Crippen MR) is 82.6 cm³/mol. The summed E-state index contributed by atoms with van der Waals surface area (Å²) in [7, 11) is 0. The quantitative estimate of drug-likeness (QED) is 0.854. The Hall–Kier alpha value is -0.860. The lowest BCUT2D eigenvalue weighted by molar-refractivity contribution is 0.347. The molecule has 1 aliphatic rings. The van der Waals surface area contributed by atoms with Gasteiger partial charge in [-0.3, -0.25) is 0 Å². The Labute approximate surface area is 117 Å². The first kappa shape index (κ1) is 14.5. The standard InChI is InChI=1S/C17H28N2/c1-16(2,12-19-17(3,4)11-18)15-9-8-13-6-5-7-14(13)10-15/h8-10,19H,5-7,11-12,18H2,1-4H3. The topological polar surface area (TPSA) is 38.0 Å². The molecule has 1 aromatic rings. The molecule has 2 heteroatoms. The molecule has 0 bridgehead atoms. The van der Waals surface area contributed by atoms with E-state index in [1.165, 1.54) is 24.8 Å².